The zero-order chi connectivity index (χ0) is 13.8. The number of hydrogen-bond acceptors (Lipinski definition) is 3. The van der Waals surface area contributed by atoms with Gasteiger partial charge in [0.15, 0.2) is 5.75 Å². The van der Waals surface area contributed by atoms with E-state index in [4.69, 9.17) is 4.74 Å². The number of rotatable bonds is 4. The van der Waals surface area contributed by atoms with Crippen molar-refractivity contribution in [3.8, 4) is 5.75 Å². The summed E-state index contributed by atoms with van der Waals surface area (Å²) >= 11 is 0. The van der Waals surface area contributed by atoms with E-state index in [2.05, 4.69) is 0 Å². The Balaban J connectivity index is 2.16. The van der Waals surface area contributed by atoms with Crippen molar-refractivity contribution >= 4 is 5.69 Å². The van der Waals surface area contributed by atoms with E-state index in [9.17, 15) is 18.9 Å². The first kappa shape index (κ1) is 12.9. The molecule has 0 fully saturated rings. The Kier molecular flexibility index (Phi) is 3.70. The molecular weight excluding hydrogens is 256 g/mol. The molecular formula is C13H9F2NO3. The first-order valence-corrected chi connectivity index (χ1v) is 5.37. The summed E-state index contributed by atoms with van der Waals surface area (Å²) in [5, 5.41) is 10.7. The zero-order valence-corrected chi connectivity index (χ0v) is 9.68. The highest BCUT2D eigenvalue weighted by atomic mass is 19.1. The minimum Gasteiger partial charge on any atom is -0.482 e. The monoisotopic (exact) mass is 265 g/mol. The normalized spacial score (nSPS) is 10.2. The molecule has 0 saturated heterocycles. The summed E-state index contributed by atoms with van der Waals surface area (Å²) in [6.45, 7) is -0.00935. The Bertz CT molecular complexity index is 599. The molecule has 0 aliphatic heterocycles. The van der Waals surface area contributed by atoms with Crippen LogP contribution >= 0.6 is 0 Å². The van der Waals surface area contributed by atoms with Gasteiger partial charge in [0.2, 0.25) is 0 Å². The summed E-state index contributed by atoms with van der Waals surface area (Å²) in [6, 6.07) is 8.44. The molecule has 0 heterocycles. The van der Waals surface area contributed by atoms with Crippen molar-refractivity contribution < 1.29 is 18.4 Å². The highest BCUT2D eigenvalue weighted by molar-refractivity contribution is 5.46. The van der Waals surface area contributed by atoms with Crippen LogP contribution < -0.4 is 4.74 Å². The Morgan fingerprint density at radius 2 is 1.68 bits per heavy atom. The average Bonchev–Trinajstić information content (AvgIpc) is 2.38. The van der Waals surface area contributed by atoms with Crippen LogP contribution in [0.15, 0.2) is 42.5 Å². The third kappa shape index (κ3) is 3.25. The molecule has 0 aliphatic rings. The van der Waals surface area contributed by atoms with Crippen molar-refractivity contribution in [1.29, 1.82) is 0 Å². The van der Waals surface area contributed by atoms with Gasteiger partial charge < -0.3 is 4.74 Å². The molecule has 0 unspecified atom stereocenters. The van der Waals surface area contributed by atoms with E-state index >= 15 is 0 Å². The van der Waals surface area contributed by atoms with Crippen molar-refractivity contribution in [2.75, 3.05) is 0 Å². The first-order chi connectivity index (χ1) is 9.06. The van der Waals surface area contributed by atoms with Gasteiger partial charge in [-0.05, 0) is 23.8 Å². The van der Waals surface area contributed by atoms with E-state index in [1.165, 1.54) is 24.3 Å². The Labute approximate surface area is 107 Å². The molecule has 0 aliphatic carbocycles. The van der Waals surface area contributed by atoms with Crippen LogP contribution in [0.1, 0.15) is 5.56 Å². The summed E-state index contributed by atoms with van der Waals surface area (Å²) in [4.78, 5) is 10.1. The molecule has 0 bridgehead atoms. The number of halogens is 2. The van der Waals surface area contributed by atoms with Crippen LogP contribution in [0.4, 0.5) is 14.5 Å². The van der Waals surface area contributed by atoms with Crippen LogP contribution in [0, 0.1) is 21.7 Å². The van der Waals surface area contributed by atoms with Crippen LogP contribution in [0.3, 0.4) is 0 Å². The van der Waals surface area contributed by atoms with Crippen LogP contribution in [0.25, 0.3) is 0 Å². The number of ether oxygens (including phenoxy) is 1. The predicted molar refractivity (Wildman–Crippen MR) is 63.8 cm³/mol. The molecule has 0 N–H and O–H groups in total. The number of benzene rings is 2. The maximum absolute atomic E-state index is 13.0. The van der Waals surface area contributed by atoms with Gasteiger partial charge in [0.1, 0.15) is 18.2 Å². The van der Waals surface area contributed by atoms with Gasteiger partial charge in [-0.25, -0.2) is 8.78 Å². The minimum atomic E-state index is -0.653. The summed E-state index contributed by atoms with van der Waals surface area (Å²) in [5.41, 5.74) is 0.309. The molecule has 0 saturated carbocycles. The van der Waals surface area contributed by atoms with E-state index in [1.807, 2.05) is 0 Å². The van der Waals surface area contributed by atoms with Gasteiger partial charge in [-0.3, -0.25) is 10.1 Å². The second-order valence-electron chi connectivity index (χ2n) is 3.78. The van der Waals surface area contributed by atoms with Gasteiger partial charge in [-0.1, -0.05) is 12.1 Å². The highest BCUT2D eigenvalue weighted by Crippen LogP contribution is 2.28. The lowest BCUT2D eigenvalue weighted by molar-refractivity contribution is -0.386. The number of nitro benzene ring substituents is 1. The lowest BCUT2D eigenvalue weighted by atomic mass is 10.2. The van der Waals surface area contributed by atoms with Gasteiger partial charge in [0, 0.05) is 12.1 Å². The standard InChI is InChI=1S/C13H9F2NO3/c14-10-3-1-9(2-4-10)8-19-13-7-11(15)5-6-12(13)16(17)18/h1-7H,8H2. The zero-order valence-electron chi connectivity index (χ0n) is 9.68. The van der Waals surface area contributed by atoms with Crippen molar-refractivity contribution in [1.82, 2.24) is 0 Å². The minimum absolute atomic E-state index is 0.00935. The fraction of sp³-hybridized carbons (Fsp3) is 0.0769. The maximum atomic E-state index is 13.0. The highest BCUT2D eigenvalue weighted by Gasteiger charge is 2.15. The third-order valence-electron chi connectivity index (χ3n) is 2.43. The Morgan fingerprint density at radius 3 is 2.32 bits per heavy atom. The molecule has 0 aromatic heterocycles. The molecule has 0 radical (unpaired) electrons. The summed E-state index contributed by atoms with van der Waals surface area (Å²) in [7, 11) is 0. The molecule has 2 rings (SSSR count). The molecule has 98 valence electrons. The Morgan fingerprint density at radius 1 is 1.05 bits per heavy atom. The summed E-state index contributed by atoms with van der Waals surface area (Å²) in [6.07, 6.45) is 0. The molecule has 2 aromatic rings. The number of nitro groups is 1. The molecule has 19 heavy (non-hydrogen) atoms. The van der Waals surface area contributed by atoms with Gasteiger partial charge in [-0.15, -0.1) is 0 Å². The fourth-order valence-electron chi connectivity index (χ4n) is 1.50. The lowest BCUT2D eigenvalue weighted by Crippen LogP contribution is -1.99. The predicted octanol–water partition coefficient (Wildman–Crippen LogP) is 3.45. The van der Waals surface area contributed by atoms with E-state index in [-0.39, 0.29) is 23.9 Å². The molecule has 0 atom stereocenters. The van der Waals surface area contributed by atoms with Gasteiger partial charge in [0.05, 0.1) is 4.92 Å². The third-order valence-corrected chi connectivity index (χ3v) is 2.43. The van der Waals surface area contributed by atoms with Crippen LogP contribution in [0.2, 0.25) is 0 Å². The van der Waals surface area contributed by atoms with Crippen molar-refractivity contribution in [3.05, 3.63) is 69.8 Å². The molecule has 2 aromatic carbocycles. The van der Waals surface area contributed by atoms with Crippen LogP contribution in [-0.4, -0.2) is 4.92 Å². The fourth-order valence-corrected chi connectivity index (χ4v) is 1.50. The second kappa shape index (κ2) is 5.43. The molecule has 0 amide bonds. The molecule has 0 spiro atoms. The van der Waals surface area contributed by atoms with Crippen molar-refractivity contribution in [2.45, 2.75) is 6.61 Å². The average molecular weight is 265 g/mol. The van der Waals surface area contributed by atoms with Crippen LogP contribution in [-0.2, 0) is 6.61 Å². The largest absolute Gasteiger partial charge is 0.482 e. The van der Waals surface area contributed by atoms with E-state index < -0.39 is 10.7 Å². The summed E-state index contributed by atoms with van der Waals surface area (Å²) in [5.74, 6) is -1.17. The quantitative estimate of drug-likeness (QED) is 0.628. The molecule has 6 heteroatoms. The number of nitrogens with zero attached hydrogens (tertiary/aromatic N) is 1. The van der Waals surface area contributed by atoms with Crippen molar-refractivity contribution in [2.24, 2.45) is 0 Å². The van der Waals surface area contributed by atoms with Gasteiger partial charge in [0.25, 0.3) is 0 Å². The summed E-state index contributed by atoms with van der Waals surface area (Å²) < 4.78 is 30.9. The van der Waals surface area contributed by atoms with E-state index in [0.29, 0.717) is 5.56 Å². The first-order valence-electron chi connectivity index (χ1n) is 5.37. The van der Waals surface area contributed by atoms with Crippen molar-refractivity contribution in [3.63, 3.8) is 0 Å². The smallest absolute Gasteiger partial charge is 0.311 e. The maximum Gasteiger partial charge on any atom is 0.311 e. The second-order valence-corrected chi connectivity index (χ2v) is 3.78. The lowest BCUT2D eigenvalue weighted by Gasteiger charge is -2.07. The molecule has 4 nitrogen and oxygen atoms in total. The topological polar surface area (TPSA) is 52.4 Å². The SMILES string of the molecule is O=[N+]([O-])c1ccc(F)cc1OCc1ccc(F)cc1. The van der Waals surface area contributed by atoms with E-state index in [0.717, 1.165) is 18.2 Å². The van der Waals surface area contributed by atoms with E-state index in [1.54, 1.807) is 0 Å². The number of hydrogen-bond donors (Lipinski definition) is 0. The Hall–Kier alpha value is -2.50. The van der Waals surface area contributed by atoms with Gasteiger partial charge >= 0.3 is 5.69 Å². The van der Waals surface area contributed by atoms with Gasteiger partial charge in [-0.2, -0.15) is 0 Å². The van der Waals surface area contributed by atoms with Crippen LogP contribution in [0.5, 0.6) is 5.75 Å².